The Bertz CT molecular complexity index is 1080. The first-order valence-electron chi connectivity index (χ1n) is 12.0. The van der Waals surface area contributed by atoms with Crippen LogP contribution in [0.25, 0.3) is 0 Å². The molecule has 34 heavy (non-hydrogen) atoms. The Kier molecular flexibility index (Phi) is 7.57. The van der Waals surface area contributed by atoms with Crippen molar-refractivity contribution in [2.24, 2.45) is 0 Å². The molecule has 3 N–H and O–H groups in total. The van der Waals surface area contributed by atoms with Crippen molar-refractivity contribution in [1.29, 1.82) is 0 Å². The maximum atomic E-state index is 12.6. The predicted molar refractivity (Wildman–Crippen MR) is 131 cm³/mol. The minimum absolute atomic E-state index is 0.106. The first kappa shape index (κ1) is 23.9. The van der Waals surface area contributed by atoms with Crippen LogP contribution < -0.4 is 10.6 Å². The molecule has 2 aliphatic heterocycles. The van der Waals surface area contributed by atoms with E-state index in [-0.39, 0.29) is 24.4 Å². The quantitative estimate of drug-likeness (QED) is 0.566. The third-order valence-corrected chi connectivity index (χ3v) is 6.57. The smallest absolute Gasteiger partial charge is 0.251 e. The molecule has 1 aromatic carbocycles. The van der Waals surface area contributed by atoms with Gasteiger partial charge in [0.1, 0.15) is 18.5 Å². The van der Waals surface area contributed by atoms with Crippen LogP contribution in [0.1, 0.15) is 46.8 Å². The molecule has 0 aliphatic carbocycles. The fourth-order valence-electron chi connectivity index (χ4n) is 4.62. The minimum Gasteiger partial charge on any atom is -0.381 e. The first-order chi connectivity index (χ1) is 16.4. The molecule has 0 bridgehead atoms. The molecule has 8 nitrogen and oxygen atoms in total. The minimum atomic E-state index is -0.762. The highest BCUT2D eigenvalue weighted by atomic mass is 16.3. The van der Waals surface area contributed by atoms with Gasteiger partial charge in [0.15, 0.2) is 12.8 Å². The lowest BCUT2D eigenvalue weighted by Crippen LogP contribution is -2.41. The number of aryl methyl sites for hydroxylation is 1. The van der Waals surface area contributed by atoms with Crippen LogP contribution in [0, 0.1) is 6.92 Å². The second-order valence-corrected chi connectivity index (χ2v) is 9.27. The molecule has 0 radical (unpaired) electrons. The number of rotatable bonds is 6. The molecule has 0 saturated carbocycles. The van der Waals surface area contributed by atoms with Gasteiger partial charge < -0.3 is 20.6 Å². The Hall–Kier alpha value is -3.26. The molecule has 1 atom stereocenters. The molecule has 8 heteroatoms. The highest BCUT2D eigenvalue weighted by Gasteiger charge is 2.22. The Balaban J connectivity index is 1.27. The van der Waals surface area contributed by atoms with Gasteiger partial charge in [-0.1, -0.05) is 23.8 Å². The van der Waals surface area contributed by atoms with Gasteiger partial charge in [-0.3, -0.25) is 9.59 Å². The molecule has 1 fully saturated rings. The summed E-state index contributed by atoms with van der Waals surface area (Å²) >= 11 is 0. The number of hydrogen-bond donors (Lipinski definition) is 3. The number of nitrogens with zero attached hydrogens (tertiary/aromatic N) is 3. The number of likely N-dealkylation sites (tertiary alicyclic amines) is 1. The van der Waals surface area contributed by atoms with Crippen molar-refractivity contribution in [2.45, 2.75) is 51.8 Å². The zero-order valence-electron chi connectivity index (χ0n) is 20.0. The highest BCUT2D eigenvalue weighted by molar-refractivity contribution is 5.95. The number of nitrogens with one attached hydrogen (secondary N) is 2. The number of pyridine rings is 1. The molecule has 1 saturated heterocycles. The molecule has 2 amide bonds. The van der Waals surface area contributed by atoms with Crippen molar-refractivity contribution in [2.75, 3.05) is 31.5 Å². The Morgan fingerprint density at radius 3 is 2.79 bits per heavy atom. The summed E-state index contributed by atoms with van der Waals surface area (Å²) in [5.41, 5.74) is 4.42. The third-order valence-electron chi connectivity index (χ3n) is 6.57. The average Bonchev–Trinajstić information content (AvgIpc) is 2.83. The van der Waals surface area contributed by atoms with Crippen LogP contribution >= 0.6 is 0 Å². The van der Waals surface area contributed by atoms with Crippen molar-refractivity contribution in [1.82, 2.24) is 15.2 Å². The summed E-state index contributed by atoms with van der Waals surface area (Å²) in [5, 5.41) is 16.6. The molecule has 1 aromatic heterocycles. The van der Waals surface area contributed by atoms with Crippen LogP contribution in [-0.4, -0.2) is 75.9 Å². The molecule has 0 unspecified atom stereocenters. The molecular formula is C26H34N5O3+. The Morgan fingerprint density at radius 2 is 2.03 bits per heavy atom. The Labute approximate surface area is 200 Å². The number of aromatic nitrogens is 1. The third kappa shape index (κ3) is 6.20. The van der Waals surface area contributed by atoms with Gasteiger partial charge in [-0.25, -0.2) is 9.56 Å². The fraction of sp³-hybridized carbons (Fsp3) is 0.462. The van der Waals surface area contributed by atoms with Gasteiger partial charge in [-0.2, -0.15) is 0 Å². The maximum Gasteiger partial charge on any atom is 0.251 e. The molecule has 3 heterocycles. The second-order valence-electron chi connectivity index (χ2n) is 9.27. The van der Waals surface area contributed by atoms with E-state index in [4.69, 9.17) is 0 Å². The van der Waals surface area contributed by atoms with Gasteiger partial charge in [-0.05, 0) is 37.5 Å². The molecule has 2 aliphatic rings. The number of benzene rings is 1. The normalized spacial score (nSPS) is 18.3. The van der Waals surface area contributed by atoms with Crippen LogP contribution in [0.2, 0.25) is 0 Å². The summed E-state index contributed by atoms with van der Waals surface area (Å²) in [6.45, 7) is 6.92. The molecule has 180 valence electrons. The number of carbonyl (C=O) groups is 2. The summed E-state index contributed by atoms with van der Waals surface area (Å²) < 4.78 is 2.11. The van der Waals surface area contributed by atoms with Crippen molar-refractivity contribution >= 4 is 23.8 Å². The van der Waals surface area contributed by atoms with Crippen LogP contribution in [0.3, 0.4) is 0 Å². The van der Waals surface area contributed by atoms with E-state index in [2.05, 4.69) is 45.3 Å². The Morgan fingerprint density at radius 1 is 1.24 bits per heavy atom. The molecule has 4 rings (SSSR count). The van der Waals surface area contributed by atoms with E-state index < -0.39 is 6.10 Å². The standard InChI is InChI=1S/C26H33N5O3/c1-18-3-4-22-16-30(10-6-20(22)13-18)17-24(33)15-28-26(34)21-5-9-27-25(14-21)29-23-7-11-31(12-8-23)19(2)32/h3-5,9,13-14,17,23-24,33H,6-8,10-12,15-16H2,1-2H3,(H-,27,28,29,34)/p+1/b30-17+/t24-/m0/s1. The van der Waals surface area contributed by atoms with Crippen LogP contribution in [0.5, 0.6) is 0 Å². The van der Waals surface area contributed by atoms with Crippen molar-refractivity contribution in [3.63, 3.8) is 0 Å². The number of carbonyl (C=O) groups excluding carboxylic acids is 2. The van der Waals surface area contributed by atoms with E-state index in [1.165, 1.54) is 16.7 Å². The predicted octanol–water partition coefficient (Wildman–Crippen LogP) is 1.74. The summed E-state index contributed by atoms with van der Waals surface area (Å²) in [5.74, 6) is 0.502. The lowest BCUT2D eigenvalue weighted by atomic mass is 9.98. The van der Waals surface area contributed by atoms with Gasteiger partial charge in [0.25, 0.3) is 5.91 Å². The van der Waals surface area contributed by atoms with Gasteiger partial charge in [0.2, 0.25) is 5.91 Å². The van der Waals surface area contributed by atoms with Gasteiger partial charge >= 0.3 is 0 Å². The summed E-state index contributed by atoms with van der Waals surface area (Å²) in [7, 11) is 0. The zero-order valence-corrected chi connectivity index (χ0v) is 20.0. The largest absolute Gasteiger partial charge is 0.381 e. The van der Waals surface area contributed by atoms with Crippen LogP contribution in [0.4, 0.5) is 5.82 Å². The number of amides is 2. The molecule has 2 aromatic rings. The SMILES string of the molecule is CC(=O)N1CCC(Nc2cc(C(=O)NC[C@H](O)/C=[N+]3\CCc4cc(C)ccc4C3)ccn2)CC1. The van der Waals surface area contributed by atoms with E-state index >= 15 is 0 Å². The van der Waals surface area contributed by atoms with Crippen LogP contribution in [-0.2, 0) is 17.8 Å². The van der Waals surface area contributed by atoms with E-state index in [9.17, 15) is 14.7 Å². The van der Waals surface area contributed by atoms with E-state index in [0.29, 0.717) is 11.4 Å². The van der Waals surface area contributed by atoms with Crippen molar-refractivity contribution < 1.29 is 19.3 Å². The number of piperidine rings is 1. The highest BCUT2D eigenvalue weighted by Crippen LogP contribution is 2.18. The summed E-state index contributed by atoms with van der Waals surface area (Å²) in [4.78, 5) is 30.3. The van der Waals surface area contributed by atoms with E-state index in [0.717, 1.165) is 45.4 Å². The number of fused-ring (bicyclic) bond motifs is 1. The molecule has 0 spiro atoms. The van der Waals surface area contributed by atoms with Gasteiger partial charge in [0.05, 0.1) is 6.54 Å². The van der Waals surface area contributed by atoms with Gasteiger partial charge in [-0.15, -0.1) is 0 Å². The monoisotopic (exact) mass is 464 g/mol. The van der Waals surface area contributed by atoms with E-state index in [1.54, 1.807) is 31.5 Å². The number of aliphatic hydroxyl groups is 1. The lowest BCUT2D eigenvalue weighted by Gasteiger charge is -2.32. The first-order valence-corrected chi connectivity index (χ1v) is 12.0. The topological polar surface area (TPSA) is 97.6 Å². The zero-order chi connectivity index (χ0) is 24.1. The van der Waals surface area contributed by atoms with Crippen LogP contribution in [0.15, 0.2) is 36.5 Å². The maximum absolute atomic E-state index is 12.6. The number of anilines is 1. The van der Waals surface area contributed by atoms with Crippen molar-refractivity contribution in [3.05, 3.63) is 58.8 Å². The molecular weight excluding hydrogens is 430 g/mol. The average molecular weight is 465 g/mol. The number of hydrogen-bond acceptors (Lipinski definition) is 5. The van der Waals surface area contributed by atoms with Crippen molar-refractivity contribution in [3.8, 4) is 0 Å². The fourth-order valence-corrected chi connectivity index (χ4v) is 4.62. The summed E-state index contributed by atoms with van der Waals surface area (Å²) in [6, 6.07) is 10.1. The second kappa shape index (κ2) is 10.8. The summed E-state index contributed by atoms with van der Waals surface area (Å²) in [6.07, 6.45) is 5.29. The lowest BCUT2D eigenvalue weighted by molar-refractivity contribution is -0.545. The van der Waals surface area contributed by atoms with Gasteiger partial charge in [0, 0.05) is 49.8 Å². The van der Waals surface area contributed by atoms with E-state index in [1.807, 2.05) is 4.90 Å². The number of aliphatic hydroxyl groups excluding tert-OH is 1.